The fourth-order valence-electron chi connectivity index (χ4n) is 2.25. The number of carbonyl (C=O) groups is 1. The van der Waals surface area contributed by atoms with Crippen molar-refractivity contribution in [3.8, 4) is 17.6 Å². The zero-order chi connectivity index (χ0) is 17.2. The summed E-state index contributed by atoms with van der Waals surface area (Å²) in [4.78, 5) is 14.1. The highest BCUT2D eigenvalue weighted by atomic mass is 16.5. The highest BCUT2D eigenvalue weighted by Gasteiger charge is 2.15. The van der Waals surface area contributed by atoms with E-state index in [0.29, 0.717) is 24.6 Å². The molecular formula is C19H20N2O3. The second kappa shape index (κ2) is 9.21. The minimum atomic E-state index is -0.167. The largest absolute Gasteiger partial charge is 0.493 e. The van der Waals surface area contributed by atoms with Crippen molar-refractivity contribution in [1.29, 1.82) is 5.26 Å². The van der Waals surface area contributed by atoms with E-state index in [1.807, 2.05) is 42.5 Å². The van der Waals surface area contributed by atoms with Crippen LogP contribution in [0.15, 0.2) is 54.6 Å². The summed E-state index contributed by atoms with van der Waals surface area (Å²) in [6.45, 7) is 0.731. The Hall–Kier alpha value is -3.00. The first kappa shape index (κ1) is 17.4. The molecule has 2 rings (SSSR count). The third-order valence-corrected chi connectivity index (χ3v) is 3.48. The number of ether oxygens (including phenoxy) is 2. The molecule has 0 unspecified atom stereocenters. The number of hydrogen-bond acceptors (Lipinski definition) is 4. The molecule has 0 aromatic heterocycles. The first-order valence-electron chi connectivity index (χ1n) is 7.69. The van der Waals surface area contributed by atoms with Gasteiger partial charge in [0.2, 0.25) is 0 Å². The number of para-hydroxylation sites is 2. The molecule has 0 aliphatic carbocycles. The topological polar surface area (TPSA) is 62.6 Å². The van der Waals surface area contributed by atoms with Gasteiger partial charge in [-0.3, -0.25) is 4.79 Å². The zero-order valence-corrected chi connectivity index (χ0v) is 13.6. The molecule has 24 heavy (non-hydrogen) atoms. The Bertz CT molecular complexity index is 695. The van der Waals surface area contributed by atoms with Gasteiger partial charge in [-0.15, -0.1) is 0 Å². The van der Waals surface area contributed by atoms with E-state index >= 15 is 0 Å². The first-order chi connectivity index (χ1) is 11.7. The maximum Gasteiger partial charge on any atom is 0.260 e. The van der Waals surface area contributed by atoms with Crippen molar-refractivity contribution in [3.05, 3.63) is 60.2 Å². The predicted octanol–water partition coefficient (Wildman–Crippen LogP) is 3.02. The van der Waals surface area contributed by atoms with Crippen LogP contribution in [0.1, 0.15) is 12.0 Å². The van der Waals surface area contributed by atoms with Gasteiger partial charge in [-0.2, -0.15) is 5.26 Å². The molecule has 1 amide bonds. The van der Waals surface area contributed by atoms with Gasteiger partial charge in [-0.25, -0.2) is 0 Å². The number of benzene rings is 2. The summed E-state index contributed by atoms with van der Waals surface area (Å²) in [5, 5.41) is 8.80. The van der Waals surface area contributed by atoms with E-state index < -0.39 is 0 Å². The Morgan fingerprint density at radius 1 is 1.08 bits per heavy atom. The van der Waals surface area contributed by atoms with E-state index in [2.05, 4.69) is 6.07 Å². The molecule has 0 spiro atoms. The lowest BCUT2D eigenvalue weighted by Crippen LogP contribution is -2.35. The molecule has 2 aromatic carbocycles. The van der Waals surface area contributed by atoms with Crippen LogP contribution < -0.4 is 9.47 Å². The van der Waals surface area contributed by atoms with Gasteiger partial charge in [0.15, 0.2) is 18.1 Å². The van der Waals surface area contributed by atoms with E-state index in [4.69, 9.17) is 14.7 Å². The Morgan fingerprint density at radius 2 is 1.75 bits per heavy atom. The summed E-state index contributed by atoms with van der Waals surface area (Å²) in [6, 6.07) is 18.9. The molecule has 5 heteroatoms. The monoisotopic (exact) mass is 324 g/mol. The molecule has 0 saturated heterocycles. The van der Waals surface area contributed by atoms with E-state index in [9.17, 15) is 4.79 Å². The van der Waals surface area contributed by atoms with Crippen molar-refractivity contribution in [1.82, 2.24) is 4.90 Å². The van der Waals surface area contributed by atoms with Gasteiger partial charge >= 0.3 is 0 Å². The summed E-state index contributed by atoms with van der Waals surface area (Å²) in [5.41, 5.74) is 1.01. The zero-order valence-electron chi connectivity index (χ0n) is 13.6. The Kier molecular flexibility index (Phi) is 6.66. The van der Waals surface area contributed by atoms with Crippen molar-refractivity contribution in [2.45, 2.75) is 13.0 Å². The minimum absolute atomic E-state index is 0.0986. The molecule has 0 N–H and O–H groups in total. The number of carbonyl (C=O) groups excluding carboxylic acids is 1. The quantitative estimate of drug-likeness (QED) is 0.749. The van der Waals surface area contributed by atoms with Gasteiger partial charge < -0.3 is 14.4 Å². The molecule has 0 aliphatic heterocycles. The summed E-state index contributed by atoms with van der Waals surface area (Å²) >= 11 is 0. The van der Waals surface area contributed by atoms with E-state index in [0.717, 1.165) is 5.56 Å². The molecule has 0 bridgehead atoms. The van der Waals surface area contributed by atoms with Gasteiger partial charge in [0, 0.05) is 13.1 Å². The molecule has 0 aliphatic rings. The second-order valence-corrected chi connectivity index (χ2v) is 5.15. The maximum absolute atomic E-state index is 12.5. The van der Waals surface area contributed by atoms with Crippen molar-refractivity contribution < 1.29 is 14.3 Å². The summed E-state index contributed by atoms with van der Waals surface area (Å²) in [5.74, 6) is 0.935. The van der Waals surface area contributed by atoms with Gasteiger partial charge in [-0.1, -0.05) is 42.5 Å². The Balaban J connectivity index is 2.00. The second-order valence-electron chi connectivity index (χ2n) is 5.15. The van der Waals surface area contributed by atoms with Crippen LogP contribution in [0.5, 0.6) is 11.5 Å². The number of methoxy groups -OCH3 is 1. The molecule has 2 aromatic rings. The van der Waals surface area contributed by atoms with Crippen molar-refractivity contribution in [3.63, 3.8) is 0 Å². The van der Waals surface area contributed by atoms with Crippen LogP contribution in [0.25, 0.3) is 0 Å². The minimum Gasteiger partial charge on any atom is -0.493 e. The molecule has 0 fully saturated rings. The predicted molar refractivity (Wildman–Crippen MR) is 90.6 cm³/mol. The lowest BCUT2D eigenvalue weighted by atomic mass is 10.2. The summed E-state index contributed by atoms with van der Waals surface area (Å²) in [6.07, 6.45) is 0.285. The average Bonchev–Trinajstić information content (AvgIpc) is 2.64. The molecule has 0 radical (unpaired) electrons. The van der Waals surface area contributed by atoms with Crippen LogP contribution in [0.3, 0.4) is 0 Å². The smallest absolute Gasteiger partial charge is 0.260 e. The fourth-order valence-corrected chi connectivity index (χ4v) is 2.25. The van der Waals surface area contributed by atoms with E-state index in [1.165, 1.54) is 0 Å². The highest BCUT2D eigenvalue weighted by molar-refractivity contribution is 5.77. The van der Waals surface area contributed by atoms with Gasteiger partial charge in [0.1, 0.15) is 0 Å². The SMILES string of the molecule is COc1ccccc1OCC(=O)N(CCC#N)Cc1ccccc1. The third kappa shape index (κ3) is 5.03. The van der Waals surface area contributed by atoms with Crippen molar-refractivity contribution in [2.75, 3.05) is 20.3 Å². The lowest BCUT2D eigenvalue weighted by molar-refractivity contribution is -0.134. The molecule has 0 atom stereocenters. The molecule has 0 heterocycles. The molecular weight excluding hydrogens is 304 g/mol. The van der Waals surface area contributed by atoms with Crippen LogP contribution >= 0.6 is 0 Å². The molecule has 0 saturated carbocycles. The van der Waals surface area contributed by atoms with Crippen LogP contribution in [-0.2, 0) is 11.3 Å². The summed E-state index contributed by atoms with van der Waals surface area (Å²) < 4.78 is 10.8. The van der Waals surface area contributed by atoms with Crippen molar-refractivity contribution in [2.24, 2.45) is 0 Å². The van der Waals surface area contributed by atoms with Gasteiger partial charge in [-0.05, 0) is 17.7 Å². The first-order valence-corrected chi connectivity index (χ1v) is 7.69. The van der Waals surface area contributed by atoms with Crippen LogP contribution in [0.2, 0.25) is 0 Å². The molecule has 124 valence electrons. The average molecular weight is 324 g/mol. The number of nitrogens with zero attached hydrogens (tertiary/aromatic N) is 2. The Labute approximate surface area is 142 Å². The fraction of sp³-hybridized carbons (Fsp3) is 0.263. The van der Waals surface area contributed by atoms with Crippen molar-refractivity contribution >= 4 is 5.91 Å². The Morgan fingerprint density at radius 3 is 2.42 bits per heavy atom. The number of rotatable bonds is 8. The summed E-state index contributed by atoms with van der Waals surface area (Å²) in [7, 11) is 1.55. The normalized spacial score (nSPS) is 9.83. The molecule has 5 nitrogen and oxygen atoms in total. The van der Waals surface area contributed by atoms with Crippen LogP contribution in [0.4, 0.5) is 0 Å². The number of nitriles is 1. The van der Waals surface area contributed by atoms with Gasteiger partial charge in [0.25, 0.3) is 5.91 Å². The number of amides is 1. The third-order valence-electron chi connectivity index (χ3n) is 3.48. The lowest BCUT2D eigenvalue weighted by Gasteiger charge is -2.22. The van der Waals surface area contributed by atoms with E-state index in [-0.39, 0.29) is 18.9 Å². The highest BCUT2D eigenvalue weighted by Crippen LogP contribution is 2.25. The van der Waals surface area contributed by atoms with E-state index in [1.54, 1.807) is 24.1 Å². The van der Waals surface area contributed by atoms with Gasteiger partial charge in [0.05, 0.1) is 19.6 Å². The standard InChI is InChI=1S/C19H20N2O3/c1-23-17-10-5-6-11-18(17)24-15-19(22)21(13-7-12-20)14-16-8-3-2-4-9-16/h2-6,8-11H,7,13-15H2,1H3. The van der Waals surface area contributed by atoms with Crippen LogP contribution in [0, 0.1) is 11.3 Å². The number of hydrogen-bond donors (Lipinski definition) is 0. The maximum atomic E-state index is 12.5. The van der Waals surface area contributed by atoms with Crippen LogP contribution in [-0.4, -0.2) is 31.1 Å².